The predicted octanol–water partition coefficient (Wildman–Crippen LogP) is -0.623. The molecule has 1 heterocycles. The van der Waals surface area contributed by atoms with Crippen molar-refractivity contribution in [3.05, 3.63) is 0 Å². The van der Waals surface area contributed by atoms with E-state index in [1.807, 2.05) is 0 Å². The highest BCUT2D eigenvalue weighted by Gasteiger charge is 2.25. The Hall–Kier alpha value is -1.10. The van der Waals surface area contributed by atoms with Crippen molar-refractivity contribution in [1.82, 2.24) is 10.4 Å². The number of nitrogens with one attached hydrogen (secondary N) is 1. The van der Waals surface area contributed by atoms with Crippen molar-refractivity contribution in [3.63, 3.8) is 0 Å². The van der Waals surface area contributed by atoms with Crippen molar-refractivity contribution in [2.45, 2.75) is 32.2 Å². The van der Waals surface area contributed by atoms with E-state index >= 15 is 0 Å². The summed E-state index contributed by atoms with van der Waals surface area (Å²) in [7, 11) is 0. The Balaban J connectivity index is 2.51. The van der Waals surface area contributed by atoms with Crippen LogP contribution in [-0.4, -0.2) is 29.4 Å². The predicted molar refractivity (Wildman–Crippen MR) is 47.4 cm³/mol. The van der Waals surface area contributed by atoms with Crippen molar-refractivity contribution in [3.8, 4) is 0 Å². The lowest BCUT2D eigenvalue weighted by atomic mass is 10.1. The summed E-state index contributed by atoms with van der Waals surface area (Å²) < 4.78 is 0. The number of hydrazine groups is 1. The molecule has 1 atom stereocenters. The molecule has 13 heavy (non-hydrogen) atoms. The van der Waals surface area contributed by atoms with Gasteiger partial charge in [0.15, 0.2) is 0 Å². The van der Waals surface area contributed by atoms with Crippen LogP contribution in [0.1, 0.15) is 26.2 Å². The maximum atomic E-state index is 11.2. The summed E-state index contributed by atoms with van der Waals surface area (Å²) in [6, 6.07) is -0.385. The van der Waals surface area contributed by atoms with E-state index < -0.39 is 5.91 Å². The molecule has 0 aromatic heterocycles. The number of carbonyl (C=O) groups excluding carboxylic acids is 2. The Morgan fingerprint density at radius 2 is 2.31 bits per heavy atom. The molecule has 0 aromatic rings. The van der Waals surface area contributed by atoms with Crippen LogP contribution >= 0.6 is 0 Å². The highest BCUT2D eigenvalue weighted by atomic mass is 16.2. The lowest BCUT2D eigenvalue weighted by Crippen LogP contribution is -2.56. The zero-order valence-electron chi connectivity index (χ0n) is 7.75. The van der Waals surface area contributed by atoms with Crippen LogP contribution in [0.3, 0.4) is 0 Å². The van der Waals surface area contributed by atoms with Gasteiger partial charge in [-0.2, -0.15) is 0 Å². The van der Waals surface area contributed by atoms with Crippen LogP contribution in [0.15, 0.2) is 0 Å². The molecule has 0 bridgehead atoms. The van der Waals surface area contributed by atoms with Crippen LogP contribution in [-0.2, 0) is 9.59 Å². The maximum absolute atomic E-state index is 11.2. The molecule has 5 nitrogen and oxygen atoms in total. The molecule has 3 N–H and O–H groups in total. The first-order valence-corrected chi connectivity index (χ1v) is 4.51. The third kappa shape index (κ3) is 2.42. The summed E-state index contributed by atoms with van der Waals surface area (Å²) in [6.07, 6.45) is 1.98. The Kier molecular flexibility index (Phi) is 3.25. The minimum absolute atomic E-state index is 0.00551. The third-order valence-electron chi connectivity index (χ3n) is 2.13. The van der Waals surface area contributed by atoms with Crippen molar-refractivity contribution >= 4 is 11.8 Å². The minimum Gasteiger partial charge on any atom is -0.368 e. The summed E-state index contributed by atoms with van der Waals surface area (Å²) in [5.41, 5.74) is 7.94. The van der Waals surface area contributed by atoms with Gasteiger partial charge >= 0.3 is 0 Å². The molecular formula is C8H15N3O2. The first-order valence-electron chi connectivity index (χ1n) is 4.51. The standard InChI is InChI=1S/C8H15N3O2/c1-2-7(12)11-5-3-4-6(10-11)8(9)13/h6,10H,2-5H2,1H3,(H2,9,13). The quantitative estimate of drug-likeness (QED) is 0.602. The molecule has 0 radical (unpaired) electrons. The molecule has 0 spiro atoms. The average molecular weight is 185 g/mol. The molecule has 74 valence electrons. The summed E-state index contributed by atoms with van der Waals surface area (Å²) >= 11 is 0. The van der Waals surface area contributed by atoms with Crippen LogP contribution in [0.25, 0.3) is 0 Å². The largest absolute Gasteiger partial charge is 0.368 e. The monoisotopic (exact) mass is 185 g/mol. The molecule has 1 unspecified atom stereocenters. The van der Waals surface area contributed by atoms with Crippen LogP contribution < -0.4 is 11.2 Å². The molecule has 1 fully saturated rings. The van der Waals surface area contributed by atoms with E-state index in [0.29, 0.717) is 19.4 Å². The lowest BCUT2D eigenvalue weighted by Gasteiger charge is -2.32. The number of amides is 2. The Morgan fingerprint density at radius 3 is 2.85 bits per heavy atom. The van der Waals surface area contributed by atoms with Gasteiger partial charge in [0.25, 0.3) is 0 Å². The van der Waals surface area contributed by atoms with Gasteiger partial charge in [-0.1, -0.05) is 6.92 Å². The molecule has 1 aliphatic heterocycles. The Labute approximate surface area is 77.2 Å². The summed E-state index contributed by atoms with van der Waals surface area (Å²) in [5, 5.41) is 1.49. The highest BCUT2D eigenvalue weighted by molar-refractivity contribution is 5.81. The number of nitrogens with zero attached hydrogens (tertiary/aromatic N) is 1. The fourth-order valence-corrected chi connectivity index (χ4v) is 1.36. The van der Waals surface area contributed by atoms with Crippen LogP contribution in [0, 0.1) is 0 Å². The number of carbonyl (C=O) groups is 2. The molecule has 5 heteroatoms. The first-order chi connectivity index (χ1) is 6.15. The molecule has 1 aliphatic rings. The SMILES string of the molecule is CCC(=O)N1CCCC(C(N)=O)N1. The topological polar surface area (TPSA) is 75.4 Å². The van der Waals surface area contributed by atoms with Crippen molar-refractivity contribution in [1.29, 1.82) is 0 Å². The average Bonchev–Trinajstić information content (AvgIpc) is 2.17. The molecule has 0 saturated carbocycles. The zero-order valence-corrected chi connectivity index (χ0v) is 7.75. The second-order valence-electron chi connectivity index (χ2n) is 3.13. The summed E-state index contributed by atoms with van der Waals surface area (Å²) in [4.78, 5) is 22.1. The molecule has 0 aromatic carbocycles. The number of nitrogens with two attached hydrogens (primary N) is 1. The second-order valence-corrected chi connectivity index (χ2v) is 3.13. The van der Waals surface area contributed by atoms with E-state index in [-0.39, 0.29) is 11.9 Å². The van der Waals surface area contributed by atoms with Gasteiger partial charge in [-0.15, -0.1) is 0 Å². The first kappa shape index (κ1) is 9.98. The maximum Gasteiger partial charge on any atom is 0.236 e. The van der Waals surface area contributed by atoms with Gasteiger partial charge in [-0.05, 0) is 12.8 Å². The van der Waals surface area contributed by atoms with Gasteiger partial charge in [-0.25, -0.2) is 5.43 Å². The number of hydrogen-bond donors (Lipinski definition) is 2. The van der Waals surface area contributed by atoms with E-state index in [9.17, 15) is 9.59 Å². The van der Waals surface area contributed by atoms with E-state index in [2.05, 4.69) is 5.43 Å². The van der Waals surface area contributed by atoms with Crippen LogP contribution in [0.2, 0.25) is 0 Å². The fourth-order valence-electron chi connectivity index (χ4n) is 1.36. The number of hydrogen-bond acceptors (Lipinski definition) is 3. The normalized spacial score (nSPS) is 22.8. The summed E-state index contributed by atoms with van der Waals surface area (Å²) in [6.45, 7) is 2.45. The number of rotatable bonds is 2. The second kappa shape index (κ2) is 4.23. The van der Waals surface area contributed by atoms with E-state index in [0.717, 1.165) is 6.42 Å². The Bertz CT molecular complexity index is 217. The molecule has 1 rings (SSSR count). The van der Waals surface area contributed by atoms with Gasteiger partial charge in [0.2, 0.25) is 11.8 Å². The van der Waals surface area contributed by atoms with E-state index in [1.54, 1.807) is 6.92 Å². The fraction of sp³-hybridized carbons (Fsp3) is 0.750. The minimum atomic E-state index is -0.395. The smallest absolute Gasteiger partial charge is 0.236 e. The summed E-state index contributed by atoms with van der Waals surface area (Å²) in [5.74, 6) is -0.389. The van der Waals surface area contributed by atoms with Gasteiger partial charge in [0, 0.05) is 13.0 Å². The van der Waals surface area contributed by atoms with Gasteiger partial charge in [0.05, 0.1) is 0 Å². The zero-order chi connectivity index (χ0) is 9.84. The molecule has 0 aliphatic carbocycles. The number of primary amides is 1. The van der Waals surface area contributed by atoms with Crippen LogP contribution in [0.4, 0.5) is 0 Å². The third-order valence-corrected chi connectivity index (χ3v) is 2.13. The van der Waals surface area contributed by atoms with Crippen molar-refractivity contribution in [2.75, 3.05) is 6.54 Å². The van der Waals surface area contributed by atoms with Crippen molar-refractivity contribution in [2.24, 2.45) is 5.73 Å². The lowest BCUT2D eigenvalue weighted by molar-refractivity contribution is -0.138. The highest BCUT2D eigenvalue weighted by Crippen LogP contribution is 2.07. The van der Waals surface area contributed by atoms with E-state index in [4.69, 9.17) is 5.73 Å². The van der Waals surface area contributed by atoms with Crippen molar-refractivity contribution < 1.29 is 9.59 Å². The van der Waals surface area contributed by atoms with E-state index in [1.165, 1.54) is 5.01 Å². The van der Waals surface area contributed by atoms with Gasteiger partial charge in [-0.3, -0.25) is 14.6 Å². The molecule has 2 amide bonds. The van der Waals surface area contributed by atoms with Gasteiger partial charge < -0.3 is 5.73 Å². The Morgan fingerprint density at radius 1 is 1.62 bits per heavy atom. The van der Waals surface area contributed by atoms with Gasteiger partial charge in [0.1, 0.15) is 6.04 Å². The molecular weight excluding hydrogens is 170 g/mol. The molecule has 1 saturated heterocycles. The van der Waals surface area contributed by atoms with Crippen LogP contribution in [0.5, 0.6) is 0 Å².